The predicted octanol–water partition coefficient (Wildman–Crippen LogP) is 4.69. The second-order valence-electron chi connectivity index (χ2n) is 6.77. The van der Waals surface area contributed by atoms with E-state index >= 15 is 0 Å². The van der Waals surface area contributed by atoms with Crippen molar-refractivity contribution in [3.05, 3.63) is 77.9 Å². The fourth-order valence-corrected chi connectivity index (χ4v) is 3.02. The van der Waals surface area contributed by atoms with Crippen LogP contribution in [0, 0.1) is 6.92 Å². The Morgan fingerprint density at radius 1 is 0.821 bits per heavy atom. The molecule has 1 amide bonds. The number of nitrogens with one attached hydrogen (secondary N) is 2. The molecule has 0 aromatic heterocycles. The topological polar surface area (TPSA) is 59.6 Å². The van der Waals surface area contributed by atoms with Crippen LogP contribution in [0.3, 0.4) is 0 Å². The first kappa shape index (κ1) is 17.9. The van der Waals surface area contributed by atoms with Crippen molar-refractivity contribution in [2.75, 3.05) is 23.8 Å². The van der Waals surface area contributed by atoms with Crippen molar-refractivity contribution in [2.45, 2.75) is 13.3 Å². The van der Waals surface area contributed by atoms with Crippen molar-refractivity contribution >= 4 is 23.0 Å². The van der Waals surface area contributed by atoms with Crippen LogP contribution >= 0.6 is 0 Å². The third-order valence-corrected chi connectivity index (χ3v) is 4.48. The highest BCUT2D eigenvalue weighted by atomic mass is 16.6. The Kier molecular flexibility index (Phi) is 5.15. The number of aryl methyl sites for hydroxylation is 1. The van der Waals surface area contributed by atoms with Gasteiger partial charge in [-0.3, -0.25) is 4.79 Å². The Morgan fingerprint density at radius 3 is 2.21 bits per heavy atom. The molecule has 0 radical (unpaired) electrons. The van der Waals surface area contributed by atoms with Gasteiger partial charge in [-0.25, -0.2) is 0 Å². The van der Waals surface area contributed by atoms with Crippen molar-refractivity contribution in [1.82, 2.24) is 0 Å². The molecule has 5 nitrogen and oxygen atoms in total. The van der Waals surface area contributed by atoms with Gasteiger partial charge in [-0.05, 0) is 48.9 Å². The van der Waals surface area contributed by atoms with Crippen LogP contribution in [-0.4, -0.2) is 19.1 Å². The van der Waals surface area contributed by atoms with Crippen LogP contribution in [0.25, 0.3) is 0 Å². The van der Waals surface area contributed by atoms with Gasteiger partial charge in [-0.1, -0.05) is 29.8 Å². The highest BCUT2D eigenvalue weighted by Gasteiger charge is 2.11. The number of hydrogen-bond acceptors (Lipinski definition) is 4. The monoisotopic (exact) mass is 374 g/mol. The smallest absolute Gasteiger partial charge is 0.228 e. The lowest BCUT2D eigenvalue weighted by Crippen LogP contribution is -2.15. The molecule has 0 bridgehead atoms. The summed E-state index contributed by atoms with van der Waals surface area (Å²) in [6.07, 6.45) is 0.359. The van der Waals surface area contributed by atoms with E-state index in [1.807, 2.05) is 73.7 Å². The maximum absolute atomic E-state index is 12.2. The minimum Gasteiger partial charge on any atom is -0.486 e. The Morgan fingerprint density at radius 2 is 1.46 bits per heavy atom. The van der Waals surface area contributed by atoms with Gasteiger partial charge in [0.1, 0.15) is 13.2 Å². The Balaban J connectivity index is 1.35. The summed E-state index contributed by atoms with van der Waals surface area (Å²) in [7, 11) is 0. The number of ether oxygens (including phenoxy) is 2. The summed E-state index contributed by atoms with van der Waals surface area (Å²) in [6.45, 7) is 3.18. The van der Waals surface area contributed by atoms with E-state index in [4.69, 9.17) is 9.47 Å². The molecule has 1 heterocycles. The molecular weight excluding hydrogens is 352 g/mol. The SMILES string of the molecule is Cc1ccc(CC(=O)Nc2ccc(Nc3ccc4c(c3)OCCO4)cc2)cc1. The number of rotatable bonds is 5. The zero-order valence-electron chi connectivity index (χ0n) is 15.7. The van der Waals surface area contributed by atoms with Gasteiger partial charge >= 0.3 is 0 Å². The average molecular weight is 374 g/mol. The van der Waals surface area contributed by atoms with E-state index in [9.17, 15) is 4.79 Å². The lowest BCUT2D eigenvalue weighted by Gasteiger charge is -2.19. The van der Waals surface area contributed by atoms with Gasteiger partial charge in [-0.2, -0.15) is 0 Å². The molecule has 0 saturated carbocycles. The van der Waals surface area contributed by atoms with Crippen LogP contribution in [0.15, 0.2) is 66.7 Å². The van der Waals surface area contributed by atoms with Gasteiger partial charge in [0.15, 0.2) is 11.5 Å². The largest absolute Gasteiger partial charge is 0.486 e. The van der Waals surface area contributed by atoms with Gasteiger partial charge in [0.2, 0.25) is 5.91 Å². The molecule has 3 aromatic carbocycles. The second-order valence-corrected chi connectivity index (χ2v) is 6.77. The summed E-state index contributed by atoms with van der Waals surface area (Å²) in [4.78, 5) is 12.2. The van der Waals surface area contributed by atoms with Gasteiger partial charge in [0, 0.05) is 23.1 Å². The quantitative estimate of drug-likeness (QED) is 0.680. The zero-order chi connectivity index (χ0) is 19.3. The van der Waals surface area contributed by atoms with E-state index in [1.165, 1.54) is 5.56 Å². The molecule has 4 rings (SSSR count). The lowest BCUT2D eigenvalue weighted by molar-refractivity contribution is -0.115. The van der Waals surface area contributed by atoms with Gasteiger partial charge in [-0.15, -0.1) is 0 Å². The molecule has 142 valence electrons. The van der Waals surface area contributed by atoms with Crippen molar-refractivity contribution < 1.29 is 14.3 Å². The number of anilines is 3. The highest BCUT2D eigenvalue weighted by molar-refractivity contribution is 5.92. The first-order valence-electron chi connectivity index (χ1n) is 9.28. The third-order valence-electron chi connectivity index (χ3n) is 4.48. The molecule has 2 N–H and O–H groups in total. The minimum absolute atomic E-state index is 0.0311. The number of fused-ring (bicyclic) bond motifs is 1. The summed E-state index contributed by atoms with van der Waals surface area (Å²) in [5, 5.41) is 6.27. The van der Waals surface area contributed by atoms with Crippen molar-refractivity contribution in [1.29, 1.82) is 0 Å². The van der Waals surface area contributed by atoms with Gasteiger partial charge in [0.05, 0.1) is 6.42 Å². The summed E-state index contributed by atoms with van der Waals surface area (Å²) in [5.74, 6) is 1.48. The molecule has 0 spiro atoms. The van der Waals surface area contributed by atoms with Crippen LogP contribution in [-0.2, 0) is 11.2 Å². The molecule has 3 aromatic rings. The zero-order valence-corrected chi connectivity index (χ0v) is 15.7. The molecule has 0 unspecified atom stereocenters. The molecule has 0 aliphatic carbocycles. The standard InChI is InChI=1S/C23H22N2O3/c1-16-2-4-17(5-3-16)14-23(26)25-19-8-6-18(7-9-19)24-20-10-11-21-22(15-20)28-13-12-27-21/h2-11,15,24H,12-14H2,1H3,(H,25,26). The molecule has 0 saturated heterocycles. The first-order chi connectivity index (χ1) is 13.7. The average Bonchev–Trinajstić information content (AvgIpc) is 2.71. The molecule has 0 fully saturated rings. The predicted molar refractivity (Wildman–Crippen MR) is 111 cm³/mol. The molecular formula is C23H22N2O3. The number of carbonyl (C=O) groups excluding carboxylic acids is 1. The van der Waals surface area contributed by atoms with Crippen molar-refractivity contribution in [2.24, 2.45) is 0 Å². The van der Waals surface area contributed by atoms with Crippen LogP contribution < -0.4 is 20.1 Å². The number of hydrogen-bond donors (Lipinski definition) is 2. The fourth-order valence-electron chi connectivity index (χ4n) is 3.02. The molecule has 1 aliphatic rings. The number of carbonyl (C=O) groups is 1. The number of benzene rings is 3. The lowest BCUT2D eigenvalue weighted by atomic mass is 10.1. The fraction of sp³-hybridized carbons (Fsp3) is 0.174. The van der Waals surface area contributed by atoms with Gasteiger partial charge < -0.3 is 20.1 Å². The summed E-state index contributed by atoms with van der Waals surface area (Å²) in [5.41, 5.74) is 4.80. The third kappa shape index (κ3) is 4.43. The Labute approximate surface area is 164 Å². The summed E-state index contributed by atoms with van der Waals surface area (Å²) < 4.78 is 11.1. The number of amides is 1. The van der Waals surface area contributed by atoms with E-state index in [-0.39, 0.29) is 5.91 Å². The molecule has 0 atom stereocenters. The van der Waals surface area contributed by atoms with Crippen molar-refractivity contribution in [3.63, 3.8) is 0 Å². The van der Waals surface area contributed by atoms with Crippen LogP contribution in [0.4, 0.5) is 17.1 Å². The van der Waals surface area contributed by atoms with Crippen LogP contribution in [0.1, 0.15) is 11.1 Å². The Bertz CT molecular complexity index is 966. The summed E-state index contributed by atoms with van der Waals surface area (Å²) >= 11 is 0. The maximum atomic E-state index is 12.2. The maximum Gasteiger partial charge on any atom is 0.228 e. The Hall–Kier alpha value is -3.47. The van der Waals surface area contributed by atoms with Crippen LogP contribution in [0.2, 0.25) is 0 Å². The van der Waals surface area contributed by atoms with Crippen LogP contribution in [0.5, 0.6) is 11.5 Å². The van der Waals surface area contributed by atoms with E-state index in [2.05, 4.69) is 10.6 Å². The first-order valence-corrected chi connectivity index (χ1v) is 9.28. The normalized spacial score (nSPS) is 12.3. The molecule has 1 aliphatic heterocycles. The van der Waals surface area contributed by atoms with E-state index in [0.29, 0.717) is 19.6 Å². The van der Waals surface area contributed by atoms with E-state index in [0.717, 1.165) is 34.1 Å². The summed E-state index contributed by atoms with van der Waals surface area (Å²) in [6, 6.07) is 21.4. The minimum atomic E-state index is -0.0311. The second kappa shape index (κ2) is 8.05. The highest BCUT2D eigenvalue weighted by Crippen LogP contribution is 2.33. The van der Waals surface area contributed by atoms with Crippen molar-refractivity contribution in [3.8, 4) is 11.5 Å². The van der Waals surface area contributed by atoms with E-state index in [1.54, 1.807) is 0 Å². The van der Waals surface area contributed by atoms with Gasteiger partial charge in [0.25, 0.3) is 0 Å². The molecule has 28 heavy (non-hydrogen) atoms. The molecule has 5 heteroatoms. The van der Waals surface area contributed by atoms with E-state index < -0.39 is 0 Å².